The summed E-state index contributed by atoms with van der Waals surface area (Å²) in [5.74, 6) is -0.599. The molecular weight excluding hydrogens is 529 g/mol. The molecule has 1 aromatic carbocycles. The topological polar surface area (TPSA) is 108 Å². The monoisotopic (exact) mass is 576 g/mol. The van der Waals surface area contributed by atoms with E-state index in [1.807, 2.05) is 13.0 Å². The fourth-order valence-electron chi connectivity index (χ4n) is 5.76. The minimum absolute atomic E-state index is 0.0710. The number of hydrogen-bond acceptors (Lipinski definition) is 8. The first-order valence-electron chi connectivity index (χ1n) is 14.6. The van der Waals surface area contributed by atoms with Gasteiger partial charge < -0.3 is 24.2 Å². The third-order valence-electron chi connectivity index (χ3n) is 8.02. The number of phenols is 1. The Kier molecular flexibility index (Phi) is 11.6. The molecule has 0 bridgehead atoms. The summed E-state index contributed by atoms with van der Waals surface area (Å²) in [6.07, 6.45) is 9.39. The molecule has 40 heavy (non-hydrogen) atoms. The second-order valence-corrected chi connectivity index (χ2v) is 13.1. The van der Waals surface area contributed by atoms with E-state index < -0.39 is 19.4 Å². The minimum Gasteiger partial charge on any atom is -0.756 e. The Labute approximate surface area is 240 Å². The van der Waals surface area contributed by atoms with Crippen LogP contribution in [-0.4, -0.2) is 48.8 Å². The molecule has 1 N–H and O–H groups in total. The lowest BCUT2D eigenvalue weighted by atomic mass is 9.73. The molecular formula is C31H47NO7P-. The van der Waals surface area contributed by atoms with Crippen molar-refractivity contribution >= 4 is 13.8 Å². The Morgan fingerprint density at radius 2 is 1.95 bits per heavy atom. The SMILES string of the molecule is C=C(C)[C@@H]1CCC(C)=C[C@H]1c1c(O)cc(CCCCC)cc1OC(=O)C1(OP(=O)([O-])OCCN(C)C)CCCC1. The summed E-state index contributed by atoms with van der Waals surface area (Å²) in [6, 6.07) is 3.59. The van der Waals surface area contributed by atoms with Crippen molar-refractivity contribution in [3.63, 3.8) is 0 Å². The average molecular weight is 577 g/mol. The van der Waals surface area contributed by atoms with Gasteiger partial charge in [0.2, 0.25) is 0 Å². The van der Waals surface area contributed by atoms with E-state index in [0.717, 1.165) is 49.7 Å². The van der Waals surface area contributed by atoms with Crippen LogP contribution in [-0.2, 0) is 24.8 Å². The molecule has 9 heteroatoms. The van der Waals surface area contributed by atoms with E-state index in [-0.39, 0.29) is 42.8 Å². The van der Waals surface area contributed by atoms with Gasteiger partial charge in [-0.05, 0) is 103 Å². The van der Waals surface area contributed by atoms with Crippen LogP contribution in [0.15, 0.2) is 35.9 Å². The maximum Gasteiger partial charge on any atom is 0.344 e. The van der Waals surface area contributed by atoms with Gasteiger partial charge in [0.25, 0.3) is 7.82 Å². The molecule has 2 aliphatic carbocycles. The zero-order valence-electron chi connectivity index (χ0n) is 24.9. The van der Waals surface area contributed by atoms with Gasteiger partial charge in [-0.1, -0.05) is 43.6 Å². The number of phosphoric acid groups is 1. The number of phenolic OH excluding ortho intramolecular Hbond substituents is 1. The zero-order chi connectivity index (χ0) is 29.5. The molecule has 1 unspecified atom stereocenters. The lowest BCUT2D eigenvalue weighted by Gasteiger charge is -2.35. The van der Waals surface area contributed by atoms with Crippen molar-refractivity contribution < 1.29 is 33.1 Å². The van der Waals surface area contributed by atoms with Crippen molar-refractivity contribution in [2.24, 2.45) is 5.92 Å². The molecule has 0 radical (unpaired) electrons. The van der Waals surface area contributed by atoms with Gasteiger partial charge in [0.05, 0.1) is 6.61 Å². The fourth-order valence-corrected chi connectivity index (χ4v) is 6.81. The molecule has 0 aromatic heterocycles. The third kappa shape index (κ3) is 8.53. The number of rotatable bonds is 14. The predicted octanol–water partition coefficient (Wildman–Crippen LogP) is 6.42. The standard InChI is InChI=1S/C31H48NO7P/c1-7-8-9-12-24-20-27(33)29(26-19-23(4)13-14-25(26)22(2)3)28(21-24)38-30(34)31(15-10-11-16-31)39-40(35,36)37-18-17-32(5)6/h19-21,25-26,33H,2,7-18H2,1,3-6H3,(H,35,36)/p-1/t25-,26+/m0/s1. The normalized spacial score (nSPS) is 22.1. The quantitative estimate of drug-likeness (QED) is 0.0888. The van der Waals surface area contributed by atoms with Gasteiger partial charge in [0, 0.05) is 18.0 Å². The highest BCUT2D eigenvalue weighted by Gasteiger charge is 2.47. The molecule has 0 aliphatic heterocycles. The van der Waals surface area contributed by atoms with Gasteiger partial charge in [0.1, 0.15) is 11.5 Å². The van der Waals surface area contributed by atoms with Crippen LogP contribution in [0.1, 0.15) is 95.6 Å². The lowest BCUT2D eigenvalue weighted by molar-refractivity contribution is -0.237. The molecule has 0 saturated heterocycles. The fraction of sp³-hybridized carbons (Fsp3) is 0.645. The molecule has 1 saturated carbocycles. The lowest BCUT2D eigenvalue weighted by Crippen LogP contribution is -2.42. The molecule has 2 aliphatic rings. The highest BCUT2D eigenvalue weighted by atomic mass is 31.2. The molecule has 0 amide bonds. The third-order valence-corrected chi connectivity index (χ3v) is 9.09. The molecule has 0 heterocycles. The van der Waals surface area contributed by atoms with Crippen LogP contribution in [0, 0.1) is 5.92 Å². The first-order chi connectivity index (χ1) is 18.9. The van der Waals surface area contributed by atoms with E-state index in [4.69, 9.17) is 13.8 Å². The van der Waals surface area contributed by atoms with Gasteiger partial charge >= 0.3 is 5.97 Å². The number of benzene rings is 1. The summed E-state index contributed by atoms with van der Waals surface area (Å²) in [6.45, 7) is 10.7. The second kappa shape index (κ2) is 14.3. The van der Waals surface area contributed by atoms with E-state index in [2.05, 4.69) is 26.5 Å². The molecule has 8 nitrogen and oxygen atoms in total. The Morgan fingerprint density at radius 1 is 1.25 bits per heavy atom. The average Bonchev–Trinajstić information content (AvgIpc) is 3.32. The van der Waals surface area contributed by atoms with Crippen molar-refractivity contribution in [2.45, 2.75) is 96.5 Å². The summed E-state index contributed by atoms with van der Waals surface area (Å²) in [4.78, 5) is 28.4. The maximum absolute atomic E-state index is 13.8. The summed E-state index contributed by atoms with van der Waals surface area (Å²) >= 11 is 0. The van der Waals surface area contributed by atoms with Crippen LogP contribution in [0.5, 0.6) is 11.5 Å². The molecule has 1 fully saturated rings. The van der Waals surface area contributed by atoms with Gasteiger partial charge in [0.15, 0.2) is 5.60 Å². The number of carbonyl (C=O) groups is 1. The zero-order valence-corrected chi connectivity index (χ0v) is 25.8. The van der Waals surface area contributed by atoms with Crippen molar-refractivity contribution in [3.05, 3.63) is 47.1 Å². The molecule has 3 rings (SSSR count). The number of aryl methyl sites for hydroxylation is 1. The summed E-state index contributed by atoms with van der Waals surface area (Å²) in [5, 5.41) is 11.3. The number of ether oxygens (including phenoxy) is 1. The number of nitrogens with zero attached hydrogens (tertiary/aromatic N) is 1. The van der Waals surface area contributed by atoms with E-state index in [1.54, 1.807) is 25.1 Å². The first-order valence-corrected chi connectivity index (χ1v) is 16.1. The highest BCUT2D eigenvalue weighted by molar-refractivity contribution is 7.46. The molecule has 224 valence electrons. The maximum atomic E-state index is 13.8. The number of likely N-dealkylation sites (N-methyl/N-ethyl adjacent to an activating group) is 1. The number of unbranched alkanes of at least 4 members (excludes halogenated alkanes) is 2. The number of aromatic hydroxyl groups is 1. The van der Waals surface area contributed by atoms with E-state index in [9.17, 15) is 19.4 Å². The van der Waals surface area contributed by atoms with Crippen molar-refractivity contribution in [1.29, 1.82) is 0 Å². The summed E-state index contributed by atoms with van der Waals surface area (Å²) in [5.41, 5.74) is 1.93. The van der Waals surface area contributed by atoms with Crippen molar-refractivity contribution in [3.8, 4) is 11.5 Å². The second-order valence-electron chi connectivity index (χ2n) is 11.8. The Hall–Kier alpha value is -1.96. The number of allylic oxidation sites excluding steroid dienone is 3. The predicted molar refractivity (Wildman–Crippen MR) is 155 cm³/mol. The van der Waals surface area contributed by atoms with Gasteiger partial charge in [-0.2, -0.15) is 0 Å². The molecule has 1 aromatic rings. The number of hydrogen-bond donors (Lipinski definition) is 1. The van der Waals surface area contributed by atoms with Crippen LogP contribution in [0.2, 0.25) is 0 Å². The molecule has 3 atom stereocenters. The van der Waals surface area contributed by atoms with Gasteiger partial charge in [-0.25, -0.2) is 4.79 Å². The Morgan fingerprint density at radius 3 is 2.58 bits per heavy atom. The minimum atomic E-state index is -4.78. The van der Waals surface area contributed by atoms with Gasteiger partial charge in [-0.15, -0.1) is 0 Å². The molecule has 0 spiro atoms. The Bertz CT molecular complexity index is 1120. The smallest absolute Gasteiger partial charge is 0.344 e. The van der Waals surface area contributed by atoms with Gasteiger partial charge in [-0.3, -0.25) is 9.09 Å². The van der Waals surface area contributed by atoms with E-state index >= 15 is 0 Å². The van der Waals surface area contributed by atoms with Crippen LogP contribution in [0.25, 0.3) is 0 Å². The van der Waals surface area contributed by atoms with Crippen molar-refractivity contribution in [1.82, 2.24) is 4.90 Å². The number of esters is 1. The summed E-state index contributed by atoms with van der Waals surface area (Å²) < 4.78 is 29.4. The Balaban J connectivity index is 1.98. The number of carbonyl (C=O) groups excluding carboxylic acids is 1. The van der Waals surface area contributed by atoms with E-state index in [0.29, 0.717) is 24.9 Å². The first kappa shape index (κ1) is 32.6. The van der Waals surface area contributed by atoms with Crippen LogP contribution >= 0.6 is 7.82 Å². The number of phosphoric ester groups is 1. The van der Waals surface area contributed by atoms with Crippen LogP contribution in [0.3, 0.4) is 0 Å². The largest absolute Gasteiger partial charge is 0.756 e. The summed E-state index contributed by atoms with van der Waals surface area (Å²) in [7, 11) is -1.16. The van der Waals surface area contributed by atoms with Crippen molar-refractivity contribution in [2.75, 3.05) is 27.2 Å². The highest BCUT2D eigenvalue weighted by Crippen LogP contribution is 2.51. The van der Waals surface area contributed by atoms with Crippen LogP contribution < -0.4 is 9.63 Å². The van der Waals surface area contributed by atoms with E-state index in [1.165, 1.54) is 5.57 Å². The van der Waals surface area contributed by atoms with Crippen LogP contribution in [0.4, 0.5) is 0 Å².